The van der Waals surface area contributed by atoms with Crippen molar-refractivity contribution in [2.45, 2.75) is 29.8 Å². The lowest BCUT2D eigenvalue weighted by atomic mass is 9.64. The molecule has 2 N–H and O–H groups in total. The van der Waals surface area contributed by atoms with Crippen molar-refractivity contribution in [3.05, 3.63) is 71.0 Å². The zero-order valence-electron chi connectivity index (χ0n) is 17.7. The molecule has 1 heterocycles. The minimum Gasteiger partial charge on any atom is -0.351 e. The lowest BCUT2D eigenvalue weighted by molar-refractivity contribution is -0.113. The van der Waals surface area contributed by atoms with Crippen LogP contribution in [0, 0.1) is 0 Å². The van der Waals surface area contributed by atoms with E-state index in [9.17, 15) is 9.59 Å². The largest absolute Gasteiger partial charge is 0.351 e. The number of carbonyl (C=O) groups is 2. The van der Waals surface area contributed by atoms with E-state index in [1.165, 1.54) is 17.3 Å². The maximum absolute atomic E-state index is 12.8. The van der Waals surface area contributed by atoms with Crippen LogP contribution in [0.25, 0.3) is 0 Å². The second-order valence-electron chi connectivity index (χ2n) is 7.97. The molecule has 2 aromatic carbocycles. The van der Waals surface area contributed by atoms with Gasteiger partial charge in [-0.05, 0) is 48.7 Å². The van der Waals surface area contributed by atoms with Crippen molar-refractivity contribution in [1.82, 2.24) is 20.1 Å². The zero-order valence-corrected chi connectivity index (χ0v) is 19.2. The van der Waals surface area contributed by atoms with E-state index in [1.54, 1.807) is 35.2 Å². The maximum Gasteiger partial charge on any atom is 0.251 e. The van der Waals surface area contributed by atoms with Gasteiger partial charge in [-0.1, -0.05) is 48.0 Å². The Morgan fingerprint density at radius 1 is 1.19 bits per heavy atom. The number of hydrogen-bond donors (Lipinski definition) is 2. The maximum atomic E-state index is 12.8. The highest BCUT2D eigenvalue weighted by atomic mass is 35.5. The summed E-state index contributed by atoms with van der Waals surface area (Å²) in [5.41, 5.74) is 2.25. The average molecular weight is 470 g/mol. The van der Waals surface area contributed by atoms with Gasteiger partial charge in [-0.25, -0.2) is 0 Å². The predicted molar refractivity (Wildman–Crippen MR) is 126 cm³/mol. The summed E-state index contributed by atoms with van der Waals surface area (Å²) in [6, 6.07) is 14.8. The van der Waals surface area contributed by atoms with E-state index >= 15 is 0 Å². The number of aryl methyl sites for hydroxylation is 1. The number of rotatable bonds is 8. The van der Waals surface area contributed by atoms with E-state index in [4.69, 9.17) is 11.6 Å². The van der Waals surface area contributed by atoms with E-state index < -0.39 is 0 Å². The SMILES string of the molecule is Cn1cnnc1SCC(=O)Nc1cccc(C(=O)NCC2(c3ccc(Cl)cc3)CCC2)c1. The number of carbonyl (C=O) groups excluding carboxylic acids is 2. The summed E-state index contributed by atoms with van der Waals surface area (Å²) in [6.45, 7) is 0.568. The van der Waals surface area contributed by atoms with Crippen LogP contribution in [-0.4, -0.2) is 38.9 Å². The highest BCUT2D eigenvalue weighted by Gasteiger charge is 2.38. The predicted octanol–water partition coefficient (Wildman–Crippen LogP) is 4.05. The molecule has 32 heavy (non-hydrogen) atoms. The topological polar surface area (TPSA) is 88.9 Å². The third kappa shape index (κ3) is 5.14. The number of aromatic nitrogens is 3. The summed E-state index contributed by atoms with van der Waals surface area (Å²) in [7, 11) is 1.82. The second-order valence-corrected chi connectivity index (χ2v) is 9.34. The molecule has 3 aromatic rings. The van der Waals surface area contributed by atoms with Crippen LogP contribution in [0.2, 0.25) is 5.02 Å². The van der Waals surface area contributed by atoms with Gasteiger partial charge in [0.15, 0.2) is 5.16 Å². The Morgan fingerprint density at radius 2 is 1.97 bits per heavy atom. The Labute approximate surface area is 196 Å². The van der Waals surface area contributed by atoms with Gasteiger partial charge in [0.1, 0.15) is 6.33 Å². The minimum atomic E-state index is -0.174. The van der Waals surface area contributed by atoms with Crippen LogP contribution in [-0.2, 0) is 17.3 Å². The number of anilines is 1. The number of halogens is 1. The van der Waals surface area contributed by atoms with Crippen LogP contribution in [0.1, 0.15) is 35.2 Å². The van der Waals surface area contributed by atoms with Crippen molar-refractivity contribution in [2.75, 3.05) is 17.6 Å². The Morgan fingerprint density at radius 3 is 2.62 bits per heavy atom. The van der Waals surface area contributed by atoms with E-state index in [0.29, 0.717) is 28.0 Å². The Hall–Kier alpha value is -2.84. The van der Waals surface area contributed by atoms with E-state index in [1.807, 2.05) is 31.3 Å². The van der Waals surface area contributed by atoms with Gasteiger partial charge in [-0.15, -0.1) is 10.2 Å². The quantitative estimate of drug-likeness (QED) is 0.486. The Bertz CT molecular complexity index is 1110. The van der Waals surface area contributed by atoms with Crippen molar-refractivity contribution < 1.29 is 9.59 Å². The van der Waals surface area contributed by atoms with Gasteiger partial charge in [-0.2, -0.15) is 0 Å². The third-order valence-corrected chi connectivity index (χ3v) is 7.05. The number of nitrogens with zero attached hydrogens (tertiary/aromatic N) is 3. The molecule has 0 aliphatic heterocycles. The zero-order chi connectivity index (χ0) is 22.6. The molecule has 1 aliphatic rings. The molecule has 1 aromatic heterocycles. The highest BCUT2D eigenvalue weighted by molar-refractivity contribution is 7.99. The molecule has 1 saturated carbocycles. The monoisotopic (exact) mass is 469 g/mol. The molecule has 166 valence electrons. The first-order valence-corrected chi connectivity index (χ1v) is 11.7. The first-order valence-electron chi connectivity index (χ1n) is 10.4. The second kappa shape index (κ2) is 9.75. The van der Waals surface area contributed by atoms with Gasteiger partial charge in [0.05, 0.1) is 5.75 Å². The molecule has 0 unspecified atom stereocenters. The molecule has 4 rings (SSSR count). The molecule has 0 spiro atoms. The van der Waals surface area contributed by atoms with Gasteiger partial charge in [0, 0.05) is 35.3 Å². The van der Waals surface area contributed by atoms with Gasteiger partial charge >= 0.3 is 0 Å². The van der Waals surface area contributed by atoms with Crippen LogP contribution < -0.4 is 10.6 Å². The molecule has 0 atom stereocenters. The van der Waals surface area contributed by atoms with Crippen molar-refractivity contribution in [3.8, 4) is 0 Å². The average Bonchev–Trinajstić information content (AvgIpc) is 3.17. The van der Waals surface area contributed by atoms with Crippen LogP contribution in [0.3, 0.4) is 0 Å². The van der Waals surface area contributed by atoms with E-state index in [2.05, 4.69) is 20.8 Å². The Kier molecular flexibility index (Phi) is 6.81. The first kappa shape index (κ1) is 22.4. The number of hydrogen-bond acceptors (Lipinski definition) is 5. The van der Waals surface area contributed by atoms with Crippen LogP contribution in [0.15, 0.2) is 60.0 Å². The molecule has 9 heteroatoms. The fraction of sp³-hybridized carbons (Fsp3) is 0.304. The first-order chi connectivity index (χ1) is 15.4. The van der Waals surface area contributed by atoms with Crippen molar-refractivity contribution in [3.63, 3.8) is 0 Å². The van der Waals surface area contributed by atoms with Crippen LogP contribution in [0.4, 0.5) is 5.69 Å². The summed E-state index contributed by atoms with van der Waals surface area (Å²) in [6.07, 6.45) is 4.80. The van der Waals surface area contributed by atoms with Crippen LogP contribution >= 0.6 is 23.4 Å². The normalized spacial score (nSPS) is 14.4. The number of thioether (sulfide) groups is 1. The molecule has 0 saturated heterocycles. The summed E-state index contributed by atoms with van der Waals surface area (Å²) in [5, 5.41) is 15.0. The molecule has 0 bridgehead atoms. The summed E-state index contributed by atoms with van der Waals surface area (Å²) in [4.78, 5) is 25.1. The summed E-state index contributed by atoms with van der Waals surface area (Å²) >= 11 is 7.33. The fourth-order valence-corrected chi connectivity index (χ4v) is 4.61. The summed E-state index contributed by atoms with van der Waals surface area (Å²) in [5.74, 6) is -0.131. The fourth-order valence-electron chi connectivity index (χ4n) is 3.79. The highest BCUT2D eigenvalue weighted by Crippen LogP contribution is 2.43. The number of nitrogens with one attached hydrogen (secondary N) is 2. The number of amides is 2. The van der Waals surface area contributed by atoms with E-state index in [0.717, 1.165) is 19.3 Å². The summed E-state index contributed by atoms with van der Waals surface area (Å²) < 4.78 is 1.75. The van der Waals surface area contributed by atoms with Gasteiger partial charge in [-0.3, -0.25) is 9.59 Å². The van der Waals surface area contributed by atoms with E-state index in [-0.39, 0.29) is 23.0 Å². The Balaban J connectivity index is 1.34. The van der Waals surface area contributed by atoms with Gasteiger partial charge in [0.25, 0.3) is 5.91 Å². The van der Waals surface area contributed by atoms with Gasteiger partial charge < -0.3 is 15.2 Å². The number of benzene rings is 2. The van der Waals surface area contributed by atoms with Crippen molar-refractivity contribution >= 4 is 40.9 Å². The molecule has 2 amide bonds. The molecule has 1 aliphatic carbocycles. The van der Waals surface area contributed by atoms with Crippen molar-refractivity contribution in [2.24, 2.45) is 7.05 Å². The lowest BCUT2D eigenvalue weighted by Gasteiger charge is -2.42. The van der Waals surface area contributed by atoms with Crippen molar-refractivity contribution in [1.29, 1.82) is 0 Å². The van der Waals surface area contributed by atoms with Gasteiger partial charge in [0.2, 0.25) is 5.91 Å². The van der Waals surface area contributed by atoms with Crippen LogP contribution in [0.5, 0.6) is 0 Å². The lowest BCUT2D eigenvalue weighted by Crippen LogP contribution is -2.45. The molecule has 7 nitrogen and oxygen atoms in total. The smallest absolute Gasteiger partial charge is 0.251 e. The minimum absolute atomic E-state index is 0.0386. The molecule has 0 radical (unpaired) electrons. The molecular formula is C23H24ClN5O2S. The third-order valence-electron chi connectivity index (χ3n) is 5.77. The standard InChI is InChI=1S/C23H24ClN5O2S/c1-29-15-26-28-22(29)32-13-20(30)27-19-5-2-4-16(12-19)21(31)25-14-23(10-3-11-23)17-6-8-18(24)9-7-17/h2,4-9,12,15H,3,10-11,13-14H2,1H3,(H,25,31)(H,27,30). The molecule has 1 fully saturated rings. The molecular weight excluding hydrogens is 446 g/mol.